The zero-order chi connectivity index (χ0) is 22.1. The third kappa shape index (κ3) is 3.85. The number of nitrogens with zero attached hydrogens (tertiary/aromatic N) is 5. The van der Waals surface area contributed by atoms with Crippen LogP contribution in [-0.4, -0.2) is 27.9 Å². The lowest BCUT2D eigenvalue weighted by molar-refractivity contribution is 0.395. The second-order valence-electron chi connectivity index (χ2n) is 8.69. The van der Waals surface area contributed by atoms with Gasteiger partial charge in [0, 0.05) is 42.8 Å². The standard InChI is InChI=1S/C27H27N5/c1-3-19-10-12-32(13-11-19)24-15-25(21-6-4-20(16-28)5-7-21)27(29-17-24)22-8-9-23-18-31(2)30-26(23)14-22/h4-9,14-15,17-19H,3,10-13H2,1-2H3. The lowest BCUT2D eigenvalue weighted by Crippen LogP contribution is -2.33. The van der Waals surface area contributed by atoms with E-state index < -0.39 is 0 Å². The van der Waals surface area contributed by atoms with Crippen LogP contribution in [0.5, 0.6) is 0 Å². The summed E-state index contributed by atoms with van der Waals surface area (Å²) in [5.41, 5.74) is 6.93. The van der Waals surface area contributed by atoms with E-state index in [0.29, 0.717) is 5.56 Å². The van der Waals surface area contributed by atoms with Crippen LogP contribution in [0.25, 0.3) is 33.3 Å². The number of nitriles is 1. The molecule has 2 aromatic heterocycles. The van der Waals surface area contributed by atoms with Gasteiger partial charge in [-0.05, 0) is 48.6 Å². The van der Waals surface area contributed by atoms with E-state index in [4.69, 9.17) is 4.98 Å². The number of hydrogen-bond donors (Lipinski definition) is 0. The van der Waals surface area contributed by atoms with Gasteiger partial charge < -0.3 is 4.90 Å². The molecular formula is C27H27N5. The smallest absolute Gasteiger partial charge is 0.0991 e. The van der Waals surface area contributed by atoms with Gasteiger partial charge in [0.05, 0.1) is 34.7 Å². The fraction of sp³-hybridized carbons (Fsp3) is 0.296. The number of fused-ring (bicyclic) bond motifs is 1. The van der Waals surface area contributed by atoms with Crippen LogP contribution < -0.4 is 4.90 Å². The SMILES string of the molecule is CCC1CCN(c2cnc(-c3ccc4cn(C)nc4c3)c(-c3ccc(C#N)cc3)c2)CC1. The van der Waals surface area contributed by atoms with Crippen molar-refractivity contribution in [2.45, 2.75) is 26.2 Å². The van der Waals surface area contributed by atoms with Crippen LogP contribution in [0.15, 0.2) is 60.9 Å². The molecule has 5 nitrogen and oxygen atoms in total. The van der Waals surface area contributed by atoms with Crippen molar-refractivity contribution >= 4 is 16.6 Å². The van der Waals surface area contributed by atoms with E-state index in [0.717, 1.165) is 52.3 Å². The Morgan fingerprint density at radius 3 is 2.50 bits per heavy atom. The van der Waals surface area contributed by atoms with E-state index >= 15 is 0 Å². The Kier molecular flexibility index (Phi) is 5.36. The molecule has 0 unspecified atom stereocenters. The lowest BCUT2D eigenvalue weighted by atomic mass is 9.93. The Hall–Kier alpha value is -3.65. The summed E-state index contributed by atoms with van der Waals surface area (Å²) < 4.78 is 1.84. The van der Waals surface area contributed by atoms with Gasteiger partial charge in [0.15, 0.2) is 0 Å². The summed E-state index contributed by atoms with van der Waals surface area (Å²) in [7, 11) is 1.94. The number of pyridine rings is 1. The summed E-state index contributed by atoms with van der Waals surface area (Å²) in [6, 6.07) is 18.6. The van der Waals surface area contributed by atoms with Crippen molar-refractivity contribution in [3.63, 3.8) is 0 Å². The zero-order valence-corrected chi connectivity index (χ0v) is 18.6. The van der Waals surface area contributed by atoms with E-state index in [1.807, 2.05) is 48.4 Å². The van der Waals surface area contributed by atoms with Crippen LogP contribution in [0, 0.1) is 17.2 Å². The summed E-state index contributed by atoms with van der Waals surface area (Å²) in [5, 5.41) is 14.9. The maximum absolute atomic E-state index is 9.21. The Bertz CT molecular complexity index is 1290. The molecule has 1 aliphatic heterocycles. The Labute approximate surface area is 188 Å². The van der Waals surface area contributed by atoms with Gasteiger partial charge in [-0.2, -0.15) is 10.4 Å². The van der Waals surface area contributed by atoms with Gasteiger partial charge in [0.25, 0.3) is 0 Å². The molecule has 160 valence electrons. The monoisotopic (exact) mass is 421 g/mol. The summed E-state index contributed by atoms with van der Waals surface area (Å²) in [6.07, 6.45) is 7.77. The molecule has 0 saturated carbocycles. The largest absolute Gasteiger partial charge is 0.370 e. The van der Waals surface area contributed by atoms with E-state index in [-0.39, 0.29) is 0 Å². The molecule has 0 spiro atoms. The first kappa shape index (κ1) is 20.3. The number of piperidine rings is 1. The summed E-state index contributed by atoms with van der Waals surface area (Å²) in [4.78, 5) is 7.41. The minimum absolute atomic E-state index is 0.663. The molecule has 1 fully saturated rings. The molecule has 0 atom stereocenters. The van der Waals surface area contributed by atoms with Gasteiger partial charge in [0.2, 0.25) is 0 Å². The van der Waals surface area contributed by atoms with Crippen molar-refractivity contribution in [3.8, 4) is 28.5 Å². The average molecular weight is 422 g/mol. The van der Waals surface area contributed by atoms with Gasteiger partial charge >= 0.3 is 0 Å². The van der Waals surface area contributed by atoms with Gasteiger partial charge in [0.1, 0.15) is 0 Å². The third-order valence-corrected chi connectivity index (χ3v) is 6.65. The highest BCUT2D eigenvalue weighted by Crippen LogP contribution is 2.35. The van der Waals surface area contributed by atoms with Gasteiger partial charge in [-0.1, -0.05) is 37.6 Å². The van der Waals surface area contributed by atoms with Crippen molar-refractivity contribution in [2.75, 3.05) is 18.0 Å². The number of benzene rings is 2. The highest BCUT2D eigenvalue weighted by molar-refractivity contribution is 5.88. The first-order valence-corrected chi connectivity index (χ1v) is 11.3. The molecule has 1 saturated heterocycles. The van der Waals surface area contributed by atoms with Crippen LogP contribution in [0.1, 0.15) is 31.7 Å². The Balaban J connectivity index is 1.59. The number of anilines is 1. The summed E-state index contributed by atoms with van der Waals surface area (Å²) >= 11 is 0. The Morgan fingerprint density at radius 1 is 1.03 bits per heavy atom. The van der Waals surface area contributed by atoms with Gasteiger partial charge in [-0.15, -0.1) is 0 Å². The van der Waals surface area contributed by atoms with E-state index in [1.165, 1.54) is 24.9 Å². The second kappa shape index (κ2) is 8.47. The first-order valence-electron chi connectivity index (χ1n) is 11.3. The predicted molar refractivity (Wildman–Crippen MR) is 129 cm³/mol. The topological polar surface area (TPSA) is 57.7 Å². The highest BCUT2D eigenvalue weighted by Gasteiger charge is 2.20. The van der Waals surface area contributed by atoms with Crippen molar-refractivity contribution < 1.29 is 0 Å². The average Bonchev–Trinajstić information content (AvgIpc) is 3.23. The highest BCUT2D eigenvalue weighted by atomic mass is 15.2. The fourth-order valence-electron chi connectivity index (χ4n) is 4.69. The first-order chi connectivity index (χ1) is 15.6. The maximum Gasteiger partial charge on any atom is 0.0991 e. The van der Waals surface area contributed by atoms with Crippen molar-refractivity contribution in [2.24, 2.45) is 13.0 Å². The van der Waals surface area contributed by atoms with Crippen LogP contribution in [0.2, 0.25) is 0 Å². The normalized spacial score (nSPS) is 14.6. The summed E-state index contributed by atoms with van der Waals surface area (Å²) in [5.74, 6) is 0.835. The third-order valence-electron chi connectivity index (χ3n) is 6.65. The predicted octanol–water partition coefficient (Wildman–Crippen LogP) is 5.80. The number of aryl methyl sites for hydroxylation is 1. The quantitative estimate of drug-likeness (QED) is 0.418. The molecule has 4 aromatic rings. The van der Waals surface area contributed by atoms with Crippen LogP contribution in [-0.2, 0) is 7.05 Å². The number of aromatic nitrogens is 3. The minimum Gasteiger partial charge on any atom is -0.370 e. The second-order valence-corrected chi connectivity index (χ2v) is 8.69. The van der Waals surface area contributed by atoms with Gasteiger partial charge in [-0.25, -0.2) is 0 Å². The molecule has 0 N–H and O–H groups in total. The van der Waals surface area contributed by atoms with Crippen LogP contribution in [0.4, 0.5) is 5.69 Å². The molecule has 5 heteroatoms. The molecule has 2 aromatic carbocycles. The molecule has 0 aliphatic carbocycles. The van der Waals surface area contributed by atoms with Crippen molar-refractivity contribution in [1.82, 2.24) is 14.8 Å². The zero-order valence-electron chi connectivity index (χ0n) is 18.6. The molecule has 0 amide bonds. The molecule has 0 radical (unpaired) electrons. The number of rotatable bonds is 4. The molecular weight excluding hydrogens is 394 g/mol. The molecule has 32 heavy (non-hydrogen) atoms. The Morgan fingerprint density at radius 2 is 1.78 bits per heavy atom. The van der Waals surface area contributed by atoms with Crippen LogP contribution in [0.3, 0.4) is 0 Å². The number of hydrogen-bond acceptors (Lipinski definition) is 4. The van der Waals surface area contributed by atoms with E-state index in [1.54, 1.807) is 0 Å². The van der Waals surface area contributed by atoms with Crippen molar-refractivity contribution in [3.05, 3.63) is 66.5 Å². The molecule has 1 aliphatic rings. The molecule has 0 bridgehead atoms. The van der Waals surface area contributed by atoms with Gasteiger partial charge in [-0.3, -0.25) is 9.67 Å². The van der Waals surface area contributed by atoms with Crippen LogP contribution >= 0.6 is 0 Å². The summed E-state index contributed by atoms with van der Waals surface area (Å²) in [6.45, 7) is 4.44. The lowest BCUT2D eigenvalue weighted by Gasteiger charge is -2.33. The van der Waals surface area contributed by atoms with E-state index in [9.17, 15) is 5.26 Å². The minimum atomic E-state index is 0.663. The molecule has 3 heterocycles. The molecule has 5 rings (SSSR count). The van der Waals surface area contributed by atoms with Crippen molar-refractivity contribution in [1.29, 1.82) is 5.26 Å². The maximum atomic E-state index is 9.21. The fourth-order valence-corrected chi connectivity index (χ4v) is 4.69. The van der Waals surface area contributed by atoms with E-state index in [2.05, 4.69) is 47.3 Å².